The molecule has 1 unspecified atom stereocenters. The minimum atomic E-state index is -4.10. The highest BCUT2D eigenvalue weighted by Crippen LogP contribution is 2.46. The zero-order chi connectivity index (χ0) is 21.7. The van der Waals surface area contributed by atoms with Gasteiger partial charge in [-0.1, -0.05) is 0 Å². The van der Waals surface area contributed by atoms with Crippen LogP contribution in [-0.4, -0.2) is 82.5 Å². The molecule has 160 valence electrons. The third kappa shape index (κ3) is 3.22. The van der Waals surface area contributed by atoms with E-state index in [-0.39, 0.29) is 12.2 Å². The van der Waals surface area contributed by atoms with E-state index in [0.717, 1.165) is 4.90 Å². The Kier molecular flexibility index (Phi) is 5.69. The number of aliphatic carboxylic acids is 1. The first kappa shape index (κ1) is 22.0. The number of carboxylic acids is 1. The highest BCUT2D eigenvalue weighted by Gasteiger charge is 2.72. The number of amides is 2. The summed E-state index contributed by atoms with van der Waals surface area (Å²) in [4.78, 5) is 50.0. The Labute approximate surface area is 175 Å². The minimum Gasteiger partial charge on any atom is -0.480 e. The Hall–Kier alpha value is -1.73. The average molecular weight is 465 g/mol. The van der Waals surface area contributed by atoms with Gasteiger partial charge in [-0.05, 0) is 20.8 Å². The lowest BCUT2D eigenvalue weighted by Crippen LogP contribution is -2.72. The molecule has 0 aromatic heterocycles. The number of carbonyl (C=O) groups is 4. The number of nitrogens with zero attached hydrogens (tertiary/aromatic N) is 1. The fourth-order valence-corrected chi connectivity index (χ4v) is 8.31. The second kappa shape index (κ2) is 7.51. The van der Waals surface area contributed by atoms with E-state index in [9.17, 15) is 32.7 Å². The van der Waals surface area contributed by atoms with Crippen LogP contribution in [0.25, 0.3) is 0 Å². The lowest BCUT2D eigenvalue weighted by Gasteiger charge is -2.42. The third-order valence-corrected chi connectivity index (χ3v) is 10.6. The molecule has 0 aromatic rings. The van der Waals surface area contributed by atoms with Crippen molar-refractivity contribution in [1.29, 1.82) is 0 Å². The van der Waals surface area contributed by atoms with Crippen LogP contribution in [-0.2, 0) is 33.8 Å². The van der Waals surface area contributed by atoms with Gasteiger partial charge < -0.3 is 20.1 Å². The van der Waals surface area contributed by atoms with Gasteiger partial charge in [-0.25, -0.2) is 18.0 Å². The molecule has 0 bridgehead atoms. The molecule has 13 heteroatoms. The van der Waals surface area contributed by atoms with Gasteiger partial charge in [0.2, 0.25) is 5.91 Å². The predicted molar refractivity (Wildman–Crippen MR) is 106 cm³/mol. The van der Waals surface area contributed by atoms with Gasteiger partial charge in [0.15, 0.2) is 15.2 Å². The lowest BCUT2D eigenvalue weighted by atomic mass is 9.96. The molecule has 3 saturated heterocycles. The number of rotatable bonds is 5. The topological polar surface area (TPSA) is 147 Å². The van der Waals surface area contributed by atoms with E-state index < -0.39 is 55.8 Å². The third-order valence-electron chi connectivity index (χ3n) is 5.05. The van der Waals surface area contributed by atoms with Gasteiger partial charge in [-0.2, -0.15) is 0 Å². The zero-order valence-corrected chi connectivity index (χ0v) is 18.3. The van der Waals surface area contributed by atoms with Gasteiger partial charge >= 0.3 is 11.9 Å². The standard InChI is InChI=1S/C16H20N2O8S3/c1-4-26-14(23)7(15-27-5-6-28-15)10(19)17-8-11(20)18-9(13(21)22)16(2,3)29(24,25)12(8)18/h8-9,12H,4-6H2,1-3H3,(H,17,19)(H,21,22)/t8-,9?,12-/m1/s1. The molecule has 29 heavy (non-hydrogen) atoms. The molecule has 0 saturated carbocycles. The molecule has 3 rings (SSSR count). The van der Waals surface area contributed by atoms with E-state index in [0.29, 0.717) is 15.7 Å². The molecular formula is C16H20N2O8S3. The molecule has 0 radical (unpaired) electrons. The number of hydrogen-bond acceptors (Lipinski definition) is 9. The summed E-state index contributed by atoms with van der Waals surface area (Å²) in [6.45, 7) is 4.10. The predicted octanol–water partition coefficient (Wildman–Crippen LogP) is -0.446. The smallest absolute Gasteiger partial charge is 0.345 e. The maximum Gasteiger partial charge on any atom is 0.345 e. The molecular weight excluding hydrogens is 444 g/mol. The SMILES string of the molecule is CCOC(=O)C(C(=O)N[C@@H]1C(=O)N2C(C(=O)O)C(C)(C)S(=O)(=O)[C@H]12)=C1SCCS1. The van der Waals surface area contributed by atoms with Gasteiger partial charge in [0.1, 0.15) is 22.4 Å². The highest BCUT2D eigenvalue weighted by molar-refractivity contribution is 8.25. The van der Waals surface area contributed by atoms with E-state index in [2.05, 4.69) is 5.32 Å². The van der Waals surface area contributed by atoms with Crippen LogP contribution < -0.4 is 5.32 Å². The molecule has 0 aromatic carbocycles. The van der Waals surface area contributed by atoms with Crippen LogP contribution in [0.5, 0.6) is 0 Å². The van der Waals surface area contributed by atoms with Crippen molar-refractivity contribution in [3.8, 4) is 0 Å². The quantitative estimate of drug-likeness (QED) is 0.180. The number of nitrogens with one attached hydrogen (secondary N) is 1. The minimum absolute atomic E-state index is 0.0415. The Morgan fingerprint density at radius 1 is 1.28 bits per heavy atom. The Bertz CT molecular complexity index is 918. The number of carbonyl (C=O) groups excluding carboxylic acids is 3. The van der Waals surface area contributed by atoms with Crippen LogP contribution >= 0.6 is 23.5 Å². The fraction of sp³-hybridized carbons (Fsp3) is 0.625. The van der Waals surface area contributed by atoms with Crippen molar-refractivity contribution in [2.45, 2.75) is 43.0 Å². The average Bonchev–Trinajstić information content (AvgIpc) is 3.17. The summed E-state index contributed by atoms with van der Waals surface area (Å²) in [6.07, 6.45) is 0. The van der Waals surface area contributed by atoms with E-state index >= 15 is 0 Å². The first-order valence-corrected chi connectivity index (χ1v) is 12.2. The number of thioether (sulfide) groups is 2. The molecule has 3 heterocycles. The second-order valence-corrected chi connectivity index (χ2v) is 12.2. The molecule has 0 aliphatic carbocycles. The molecule has 3 fully saturated rings. The van der Waals surface area contributed by atoms with Gasteiger partial charge in [0.25, 0.3) is 5.91 Å². The van der Waals surface area contributed by atoms with E-state index in [1.807, 2.05) is 0 Å². The van der Waals surface area contributed by atoms with Crippen LogP contribution in [0.4, 0.5) is 0 Å². The number of ether oxygens (including phenoxy) is 1. The van der Waals surface area contributed by atoms with Crippen LogP contribution in [0, 0.1) is 0 Å². The lowest BCUT2D eigenvalue weighted by molar-refractivity contribution is -0.161. The van der Waals surface area contributed by atoms with E-state index in [1.165, 1.54) is 37.4 Å². The summed E-state index contributed by atoms with van der Waals surface area (Å²) in [5.74, 6) is -2.64. The van der Waals surface area contributed by atoms with Crippen molar-refractivity contribution in [3.05, 3.63) is 9.81 Å². The molecule has 10 nitrogen and oxygen atoms in total. The van der Waals surface area contributed by atoms with E-state index in [1.54, 1.807) is 6.92 Å². The maximum atomic E-state index is 12.9. The summed E-state index contributed by atoms with van der Waals surface area (Å²) in [5, 5.41) is 10.3. The van der Waals surface area contributed by atoms with E-state index in [4.69, 9.17) is 4.74 Å². The monoisotopic (exact) mass is 464 g/mol. The number of carboxylic acid groups (broad SMARTS) is 1. The van der Waals surface area contributed by atoms with Gasteiger partial charge in [0.05, 0.1) is 10.8 Å². The van der Waals surface area contributed by atoms with Crippen LogP contribution in [0.1, 0.15) is 20.8 Å². The van der Waals surface area contributed by atoms with Crippen molar-refractivity contribution >= 4 is 57.1 Å². The largest absolute Gasteiger partial charge is 0.480 e. The maximum absolute atomic E-state index is 12.9. The zero-order valence-electron chi connectivity index (χ0n) is 15.8. The van der Waals surface area contributed by atoms with Crippen molar-refractivity contribution in [3.63, 3.8) is 0 Å². The molecule has 3 aliphatic heterocycles. The van der Waals surface area contributed by atoms with Crippen molar-refractivity contribution in [2.75, 3.05) is 18.1 Å². The number of fused-ring (bicyclic) bond motifs is 1. The second-order valence-electron chi connectivity index (χ2n) is 7.06. The van der Waals surface area contributed by atoms with Crippen molar-refractivity contribution in [2.24, 2.45) is 0 Å². The first-order valence-electron chi connectivity index (χ1n) is 8.73. The summed E-state index contributed by atoms with van der Waals surface area (Å²) < 4.78 is 29.4. The molecule has 2 amide bonds. The van der Waals surface area contributed by atoms with Crippen LogP contribution in [0.2, 0.25) is 0 Å². The first-order chi connectivity index (χ1) is 13.5. The molecule has 0 spiro atoms. The molecule has 3 aliphatic rings. The van der Waals surface area contributed by atoms with Crippen LogP contribution in [0.3, 0.4) is 0 Å². The summed E-state index contributed by atoms with van der Waals surface area (Å²) in [7, 11) is -4.10. The number of β-lactam (4-membered cyclic amide) rings is 1. The summed E-state index contributed by atoms with van der Waals surface area (Å²) in [5.41, 5.74) is -0.268. The molecule has 3 atom stereocenters. The number of hydrogen-bond donors (Lipinski definition) is 2. The van der Waals surface area contributed by atoms with Crippen LogP contribution in [0.15, 0.2) is 9.81 Å². The number of sulfone groups is 1. The normalized spacial score (nSPS) is 29.1. The highest BCUT2D eigenvalue weighted by atomic mass is 32.2. The Morgan fingerprint density at radius 3 is 2.38 bits per heavy atom. The van der Waals surface area contributed by atoms with Crippen molar-refractivity contribution in [1.82, 2.24) is 10.2 Å². The Morgan fingerprint density at radius 2 is 1.86 bits per heavy atom. The summed E-state index contributed by atoms with van der Waals surface area (Å²) >= 11 is 2.60. The fourth-order valence-electron chi connectivity index (χ4n) is 3.58. The Balaban J connectivity index is 1.90. The van der Waals surface area contributed by atoms with Crippen molar-refractivity contribution < 1.29 is 37.4 Å². The number of esters is 1. The van der Waals surface area contributed by atoms with Gasteiger partial charge in [0, 0.05) is 11.5 Å². The molecule has 2 N–H and O–H groups in total. The van der Waals surface area contributed by atoms with Gasteiger partial charge in [-0.15, -0.1) is 23.5 Å². The van der Waals surface area contributed by atoms with Gasteiger partial charge in [-0.3, -0.25) is 9.59 Å². The summed E-state index contributed by atoms with van der Waals surface area (Å²) in [6, 6.07) is -3.01.